The fourth-order valence-electron chi connectivity index (χ4n) is 2.67. The maximum absolute atomic E-state index is 14.6. The third kappa shape index (κ3) is 5.41. The molecule has 0 aromatic heterocycles. The largest absolute Gasteiger partial charge is 0.497 e. The van der Waals surface area contributed by atoms with Crippen LogP contribution in [-0.4, -0.2) is 29.5 Å². The molecule has 0 aliphatic rings. The summed E-state index contributed by atoms with van der Waals surface area (Å²) in [4.78, 5) is 0. The molecule has 0 bridgehead atoms. The molecule has 160 valence electrons. The van der Waals surface area contributed by atoms with Gasteiger partial charge in [0.05, 0.1) is 13.7 Å². The summed E-state index contributed by atoms with van der Waals surface area (Å²) in [6.45, 7) is 12.6. The van der Waals surface area contributed by atoms with Crippen molar-refractivity contribution in [3.05, 3.63) is 65.5 Å². The maximum atomic E-state index is 14.6. The average Bonchev–Trinajstić information content (AvgIpc) is 2.65. The van der Waals surface area contributed by atoms with Crippen molar-refractivity contribution < 1.29 is 18.4 Å². The number of aliphatic hydroxyl groups excluding tert-OH is 1. The van der Waals surface area contributed by atoms with E-state index in [-0.39, 0.29) is 10.6 Å². The molecule has 1 atom stereocenters. The molecule has 1 unspecified atom stereocenters. The van der Waals surface area contributed by atoms with Gasteiger partial charge < -0.3 is 14.0 Å². The van der Waals surface area contributed by atoms with Gasteiger partial charge in [0.1, 0.15) is 17.7 Å². The van der Waals surface area contributed by atoms with Gasteiger partial charge in [-0.3, -0.25) is 0 Å². The van der Waals surface area contributed by atoms with Crippen LogP contribution in [0.3, 0.4) is 0 Å². The topological polar surface area (TPSA) is 38.7 Å². The van der Waals surface area contributed by atoms with E-state index in [0.29, 0.717) is 34.6 Å². The van der Waals surface area contributed by atoms with Crippen molar-refractivity contribution in [3.63, 3.8) is 0 Å². The first-order chi connectivity index (χ1) is 13.4. The molecule has 2 rings (SSSR count). The summed E-state index contributed by atoms with van der Waals surface area (Å²) in [5, 5.41) is 10.8. The normalized spacial score (nSPS) is 13.8. The Hall–Kier alpha value is -1.82. The first-order valence-corrected chi connectivity index (χ1v) is 11.9. The van der Waals surface area contributed by atoms with Gasteiger partial charge in [-0.15, -0.1) is 10.3 Å². The molecule has 5 heteroatoms. The van der Waals surface area contributed by atoms with E-state index in [9.17, 15) is 9.50 Å². The molecule has 0 spiro atoms. The fraction of sp³-hybridized carbons (Fsp3) is 0.417. The zero-order valence-corrected chi connectivity index (χ0v) is 19.3. The zero-order valence-electron chi connectivity index (χ0n) is 18.5. The minimum absolute atomic E-state index is 0.0523. The number of aliphatic hydroxyl groups is 1. The Morgan fingerprint density at radius 2 is 1.79 bits per heavy atom. The summed E-state index contributed by atoms with van der Waals surface area (Å²) in [7, 11) is 0.262. The first kappa shape index (κ1) is 23.5. The predicted octanol–water partition coefficient (Wildman–Crippen LogP) is 6.41. The zero-order chi connectivity index (χ0) is 22.0. The Kier molecular flexibility index (Phi) is 7.20. The lowest BCUT2D eigenvalue weighted by Gasteiger charge is -2.43. The van der Waals surface area contributed by atoms with Crippen LogP contribution in [0.1, 0.15) is 44.9 Å². The molecule has 0 aliphatic carbocycles. The van der Waals surface area contributed by atoms with Crippen molar-refractivity contribution in [2.45, 2.75) is 45.2 Å². The number of methoxy groups -OCH3 is 1. The average molecular weight is 421 g/mol. The Balaban J connectivity index is 2.48. The van der Waals surface area contributed by atoms with E-state index in [1.807, 2.05) is 18.2 Å². The highest BCUT2D eigenvalue weighted by Gasteiger charge is 2.29. The Morgan fingerprint density at radius 1 is 1.14 bits per heavy atom. The Morgan fingerprint density at radius 3 is 2.34 bits per heavy atom. The van der Waals surface area contributed by atoms with Crippen LogP contribution < -0.4 is 4.74 Å². The van der Waals surface area contributed by atoms with E-state index >= 15 is 0 Å². The van der Waals surface area contributed by atoms with E-state index < -0.39 is 16.4 Å². The van der Waals surface area contributed by atoms with E-state index in [1.54, 1.807) is 26.2 Å². The number of halogens is 1. The molecule has 2 aromatic carbocycles. The van der Waals surface area contributed by atoms with Gasteiger partial charge >= 0.3 is 0 Å². The van der Waals surface area contributed by atoms with Crippen molar-refractivity contribution in [1.29, 1.82) is 0 Å². The summed E-state index contributed by atoms with van der Waals surface area (Å²) in [6.07, 6.45) is 3.39. The first-order valence-electron chi connectivity index (χ1n) is 9.55. The van der Waals surface area contributed by atoms with Crippen LogP contribution in [0, 0.1) is 5.82 Å². The highest BCUT2D eigenvalue weighted by molar-refractivity contribution is 8.29. The molecule has 29 heavy (non-hydrogen) atoms. The van der Waals surface area contributed by atoms with Gasteiger partial charge in [0.2, 0.25) is 0 Å². The smallest absolute Gasteiger partial charge is 0.131 e. The second kappa shape index (κ2) is 8.90. The van der Waals surface area contributed by atoms with Gasteiger partial charge in [0, 0.05) is 10.3 Å². The van der Waals surface area contributed by atoms with E-state index in [2.05, 4.69) is 39.9 Å². The van der Waals surface area contributed by atoms with Gasteiger partial charge in [-0.05, 0) is 66.0 Å². The molecule has 1 N–H and O–H groups in total. The van der Waals surface area contributed by atoms with Gasteiger partial charge in [-0.25, -0.2) is 4.39 Å². The minimum atomic E-state index is -1.28. The van der Waals surface area contributed by atoms with E-state index in [1.165, 1.54) is 6.07 Å². The molecule has 2 aromatic rings. The number of ether oxygens (including phenoxy) is 1. The number of benzene rings is 2. The van der Waals surface area contributed by atoms with Crippen LogP contribution in [0.25, 0.3) is 11.1 Å². The van der Waals surface area contributed by atoms with Gasteiger partial charge in [-0.1, -0.05) is 39.5 Å². The Labute approximate surface area is 176 Å². The molecule has 3 nitrogen and oxygen atoms in total. The third-order valence-corrected chi connectivity index (χ3v) is 8.99. The van der Waals surface area contributed by atoms with Gasteiger partial charge in [0.25, 0.3) is 0 Å². The lowest BCUT2D eigenvalue weighted by atomic mass is 9.91. The molecule has 0 saturated heterocycles. The van der Waals surface area contributed by atoms with Crippen LogP contribution >= 0.6 is 10.3 Å². The van der Waals surface area contributed by atoms with E-state index in [0.717, 1.165) is 5.56 Å². The SMILES string of the molecule is C=C(C)C(O)c1cc(COS(C)(C)C(C)(C)C)ccc1-c1cc(OC)ccc1F. The van der Waals surface area contributed by atoms with Crippen LogP contribution in [0.4, 0.5) is 4.39 Å². The van der Waals surface area contributed by atoms with Crippen molar-refractivity contribution in [2.75, 3.05) is 19.6 Å². The molecule has 0 radical (unpaired) electrons. The predicted molar refractivity (Wildman–Crippen MR) is 122 cm³/mol. The summed E-state index contributed by atoms with van der Waals surface area (Å²) >= 11 is 0. The Bertz CT molecular complexity index is 884. The van der Waals surface area contributed by atoms with Crippen molar-refractivity contribution >= 4 is 10.3 Å². The van der Waals surface area contributed by atoms with Crippen LogP contribution in [-0.2, 0) is 10.8 Å². The molecular formula is C24H33FO3S. The highest BCUT2D eigenvalue weighted by Crippen LogP contribution is 2.54. The van der Waals surface area contributed by atoms with E-state index in [4.69, 9.17) is 8.92 Å². The lowest BCUT2D eigenvalue weighted by Crippen LogP contribution is -2.25. The lowest BCUT2D eigenvalue weighted by molar-refractivity contribution is 0.216. The molecule has 0 aliphatic heterocycles. The summed E-state index contributed by atoms with van der Waals surface area (Å²) < 4.78 is 26.2. The van der Waals surface area contributed by atoms with Gasteiger partial charge in [-0.2, -0.15) is 0 Å². The second-order valence-electron chi connectivity index (χ2n) is 8.62. The minimum Gasteiger partial charge on any atom is -0.497 e. The van der Waals surface area contributed by atoms with Crippen molar-refractivity contribution in [3.8, 4) is 16.9 Å². The van der Waals surface area contributed by atoms with Crippen molar-refractivity contribution in [2.24, 2.45) is 0 Å². The van der Waals surface area contributed by atoms with Crippen molar-refractivity contribution in [1.82, 2.24) is 0 Å². The highest BCUT2D eigenvalue weighted by atomic mass is 32.3. The molecule has 0 fully saturated rings. The van der Waals surface area contributed by atoms with Crippen LogP contribution in [0.15, 0.2) is 48.6 Å². The number of hydrogen-bond acceptors (Lipinski definition) is 3. The summed E-state index contributed by atoms with van der Waals surface area (Å²) in [5.74, 6) is 0.184. The third-order valence-electron chi connectivity index (χ3n) is 5.34. The maximum Gasteiger partial charge on any atom is 0.131 e. The number of rotatable bonds is 7. The molecular weight excluding hydrogens is 387 g/mol. The molecule has 0 heterocycles. The standard InChI is InChI=1S/C24H33FO3S/c1-16(2)23(26)21-13-17(15-28-29(7,8)24(3,4)5)9-11-19(21)20-14-18(27-6)10-12-22(20)25/h9-14,23,26H,1,15H2,2-8H3. The monoisotopic (exact) mass is 420 g/mol. The summed E-state index contributed by atoms with van der Waals surface area (Å²) in [5.41, 5.74) is 3.12. The molecule has 0 amide bonds. The molecule has 0 saturated carbocycles. The van der Waals surface area contributed by atoms with Crippen LogP contribution in [0.5, 0.6) is 5.75 Å². The second-order valence-corrected chi connectivity index (χ2v) is 12.6. The number of hydrogen-bond donors (Lipinski definition) is 1. The fourth-order valence-corrected chi connectivity index (χ4v) is 3.45. The van der Waals surface area contributed by atoms with Gasteiger partial charge in [0.15, 0.2) is 0 Å². The van der Waals surface area contributed by atoms with Crippen LogP contribution in [0.2, 0.25) is 0 Å². The quantitative estimate of drug-likeness (QED) is 0.526. The summed E-state index contributed by atoms with van der Waals surface area (Å²) in [6, 6.07) is 10.2.